The van der Waals surface area contributed by atoms with Gasteiger partial charge in [-0.25, -0.2) is 9.59 Å². The summed E-state index contributed by atoms with van der Waals surface area (Å²) in [5.74, 6) is -0.139. The van der Waals surface area contributed by atoms with Crippen molar-refractivity contribution in [3.63, 3.8) is 0 Å². The number of carbonyl (C=O) groups excluding carboxylic acids is 2. The molecule has 1 fully saturated rings. The Morgan fingerprint density at radius 3 is 2.47 bits per heavy atom. The standard InChI is InChI=1S/C24H25NO7/c1-29-19-9-8-18(17-14-20(22(26)30-2)32-21(17)19)24(28)10-12-25(13-11-24)23(27)31-15-16-6-4-3-5-7-16/h3-9,14,28H,10-13,15H2,1-2H3. The molecule has 1 aliphatic rings. The summed E-state index contributed by atoms with van der Waals surface area (Å²) in [7, 11) is 2.77. The lowest BCUT2D eigenvalue weighted by atomic mass is 9.83. The van der Waals surface area contributed by atoms with Crippen LogP contribution in [0.5, 0.6) is 5.75 Å². The summed E-state index contributed by atoms with van der Waals surface area (Å²) in [5.41, 5.74) is 0.697. The van der Waals surface area contributed by atoms with Gasteiger partial charge in [0.15, 0.2) is 11.3 Å². The molecule has 2 heterocycles. The van der Waals surface area contributed by atoms with Gasteiger partial charge in [0.1, 0.15) is 6.61 Å². The first-order valence-corrected chi connectivity index (χ1v) is 10.3. The fraction of sp³-hybridized carbons (Fsp3) is 0.333. The first-order chi connectivity index (χ1) is 15.4. The number of fused-ring (bicyclic) bond motifs is 1. The number of amides is 1. The number of methoxy groups -OCH3 is 2. The fourth-order valence-electron chi connectivity index (χ4n) is 4.01. The molecule has 8 heteroatoms. The molecule has 8 nitrogen and oxygen atoms in total. The average Bonchev–Trinajstić information content (AvgIpc) is 3.28. The van der Waals surface area contributed by atoms with Crippen LogP contribution >= 0.6 is 0 Å². The van der Waals surface area contributed by atoms with Crippen LogP contribution in [0, 0.1) is 0 Å². The van der Waals surface area contributed by atoms with Crippen LogP contribution in [-0.4, -0.2) is 49.4 Å². The van der Waals surface area contributed by atoms with Gasteiger partial charge < -0.3 is 28.6 Å². The van der Waals surface area contributed by atoms with Gasteiger partial charge in [0, 0.05) is 18.5 Å². The van der Waals surface area contributed by atoms with Crippen LogP contribution in [0.3, 0.4) is 0 Å². The molecule has 0 saturated carbocycles. The molecular weight excluding hydrogens is 414 g/mol. The van der Waals surface area contributed by atoms with E-state index in [0.717, 1.165) is 5.56 Å². The van der Waals surface area contributed by atoms with Gasteiger partial charge in [-0.1, -0.05) is 36.4 Å². The summed E-state index contributed by atoms with van der Waals surface area (Å²) < 4.78 is 21.2. The van der Waals surface area contributed by atoms with Gasteiger partial charge in [-0.05, 0) is 36.1 Å². The summed E-state index contributed by atoms with van der Waals surface area (Å²) >= 11 is 0. The van der Waals surface area contributed by atoms with Crippen LogP contribution in [0.15, 0.2) is 52.9 Å². The molecule has 32 heavy (non-hydrogen) atoms. The average molecular weight is 439 g/mol. The van der Waals surface area contributed by atoms with Gasteiger partial charge in [0.05, 0.1) is 19.8 Å². The Balaban J connectivity index is 1.50. The highest BCUT2D eigenvalue weighted by Gasteiger charge is 2.38. The van der Waals surface area contributed by atoms with E-state index >= 15 is 0 Å². The zero-order chi connectivity index (χ0) is 22.7. The lowest BCUT2D eigenvalue weighted by molar-refractivity contribution is -0.0244. The molecule has 3 aromatic rings. The van der Waals surface area contributed by atoms with Gasteiger partial charge in [-0.15, -0.1) is 0 Å². The number of piperidine rings is 1. The lowest BCUT2D eigenvalue weighted by Gasteiger charge is -2.38. The largest absolute Gasteiger partial charge is 0.493 e. The van der Waals surface area contributed by atoms with Gasteiger partial charge in [0.25, 0.3) is 0 Å². The highest BCUT2D eigenvalue weighted by Crippen LogP contribution is 2.41. The van der Waals surface area contributed by atoms with E-state index in [2.05, 4.69) is 0 Å². The number of benzene rings is 2. The molecule has 1 N–H and O–H groups in total. The van der Waals surface area contributed by atoms with E-state index in [1.54, 1.807) is 23.1 Å². The molecule has 0 bridgehead atoms. The molecule has 1 amide bonds. The number of ether oxygens (including phenoxy) is 3. The fourth-order valence-corrected chi connectivity index (χ4v) is 4.01. The number of furan rings is 1. The predicted octanol–water partition coefficient (Wildman–Crippen LogP) is 3.85. The molecule has 0 unspecified atom stereocenters. The van der Waals surface area contributed by atoms with Crippen LogP contribution in [-0.2, 0) is 21.7 Å². The SMILES string of the molecule is COC(=O)c1cc2c(C3(O)CCN(C(=O)OCc4ccccc4)CC3)ccc(OC)c2o1. The second-order valence-electron chi connectivity index (χ2n) is 7.72. The van der Waals surface area contributed by atoms with E-state index in [-0.39, 0.29) is 12.4 Å². The Hall–Kier alpha value is -3.52. The number of rotatable bonds is 5. The Labute approximate surface area is 185 Å². The van der Waals surface area contributed by atoms with Crippen molar-refractivity contribution in [2.24, 2.45) is 0 Å². The first kappa shape index (κ1) is 21.7. The van der Waals surface area contributed by atoms with Crippen LogP contribution < -0.4 is 4.74 Å². The summed E-state index contributed by atoms with van der Waals surface area (Å²) in [6.45, 7) is 0.865. The van der Waals surface area contributed by atoms with Gasteiger partial charge in [-0.2, -0.15) is 0 Å². The van der Waals surface area contributed by atoms with Crippen molar-refractivity contribution in [2.75, 3.05) is 27.3 Å². The van der Waals surface area contributed by atoms with Crippen molar-refractivity contribution in [3.05, 3.63) is 65.4 Å². The lowest BCUT2D eigenvalue weighted by Crippen LogP contribution is -2.45. The molecule has 168 valence electrons. The molecule has 0 spiro atoms. The number of nitrogens with zero attached hydrogens (tertiary/aromatic N) is 1. The number of aliphatic hydroxyl groups is 1. The number of carbonyl (C=O) groups is 2. The molecule has 4 rings (SSSR count). The Kier molecular flexibility index (Phi) is 6.05. The van der Waals surface area contributed by atoms with E-state index < -0.39 is 17.7 Å². The zero-order valence-corrected chi connectivity index (χ0v) is 18.0. The van der Waals surface area contributed by atoms with Crippen LogP contribution in [0.25, 0.3) is 11.0 Å². The van der Waals surface area contributed by atoms with Crippen molar-refractivity contribution in [3.8, 4) is 5.75 Å². The molecule has 0 aliphatic carbocycles. The molecule has 2 aromatic carbocycles. The molecule has 1 aromatic heterocycles. The van der Waals surface area contributed by atoms with Crippen LogP contribution in [0.4, 0.5) is 4.79 Å². The van der Waals surface area contributed by atoms with Gasteiger partial charge in [0.2, 0.25) is 5.76 Å². The van der Waals surface area contributed by atoms with Crippen molar-refractivity contribution < 1.29 is 33.3 Å². The maximum Gasteiger partial charge on any atom is 0.410 e. The number of hydrogen-bond acceptors (Lipinski definition) is 7. The van der Waals surface area contributed by atoms with Crippen LogP contribution in [0.2, 0.25) is 0 Å². The van der Waals surface area contributed by atoms with E-state index in [9.17, 15) is 14.7 Å². The van der Waals surface area contributed by atoms with Crippen molar-refractivity contribution >= 4 is 23.0 Å². The van der Waals surface area contributed by atoms with Crippen LogP contribution in [0.1, 0.15) is 34.5 Å². The smallest absolute Gasteiger partial charge is 0.410 e. The van der Waals surface area contributed by atoms with Crippen molar-refractivity contribution in [1.29, 1.82) is 0 Å². The quantitative estimate of drug-likeness (QED) is 0.603. The minimum atomic E-state index is -1.20. The molecule has 0 atom stereocenters. The predicted molar refractivity (Wildman–Crippen MR) is 115 cm³/mol. The summed E-state index contributed by atoms with van der Waals surface area (Å²) in [4.78, 5) is 26.0. The Morgan fingerprint density at radius 1 is 1.09 bits per heavy atom. The normalized spacial score (nSPS) is 15.4. The number of hydrogen-bond donors (Lipinski definition) is 1. The maximum absolute atomic E-state index is 12.5. The number of esters is 1. The Morgan fingerprint density at radius 2 is 1.81 bits per heavy atom. The van der Waals surface area contributed by atoms with Crippen molar-refractivity contribution in [2.45, 2.75) is 25.0 Å². The number of likely N-dealkylation sites (tertiary alicyclic amines) is 1. The minimum absolute atomic E-state index is 0.0266. The van der Waals surface area contributed by atoms with E-state index in [1.807, 2.05) is 30.3 Å². The summed E-state index contributed by atoms with van der Waals surface area (Å²) in [6.07, 6.45) is 0.216. The molecule has 1 saturated heterocycles. The highest BCUT2D eigenvalue weighted by atomic mass is 16.6. The molecule has 1 aliphatic heterocycles. The van der Waals surface area contributed by atoms with E-state index in [1.165, 1.54) is 14.2 Å². The minimum Gasteiger partial charge on any atom is -0.493 e. The van der Waals surface area contributed by atoms with Gasteiger partial charge >= 0.3 is 12.1 Å². The maximum atomic E-state index is 12.5. The molecular formula is C24H25NO7. The second-order valence-corrected chi connectivity index (χ2v) is 7.72. The first-order valence-electron chi connectivity index (χ1n) is 10.3. The summed E-state index contributed by atoms with van der Waals surface area (Å²) in [5, 5.41) is 12.0. The third kappa shape index (κ3) is 4.13. The third-order valence-electron chi connectivity index (χ3n) is 5.81. The highest BCUT2D eigenvalue weighted by molar-refractivity contribution is 5.96. The van der Waals surface area contributed by atoms with E-state index in [0.29, 0.717) is 48.2 Å². The van der Waals surface area contributed by atoms with Gasteiger partial charge in [-0.3, -0.25) is 0 Å². The topological polar surface area (TPSA) is 98.4 Å². The zero-order valence-electron chi connectivity index (χ0n) is 18.0. The Bertz CT molecular complexity index is 1110. The van der Waals surface area contributed by atoms with Crippen molar-refractivity contribution in [1.82, 2.24) is 4.90 Å². The second kappa shape index (κ2) is 8.92. The molecule has 0 radical (unpaired) electrons. The van der Waals surface area contributed by atoms with E-state index in [4.69, 9.17) is 18.6 Å². The monoisotopic (exact) mass is 439 g/mol. The third-order valence-corrected chi connectivity index (χ3v) is 5.81. The summed E-state index contributed by atoms with van der Waals surface area (Å²) in [6, 6.07) is 14.5.